The van der Waals surface area contributed by atoms with Gasteiger partial charge < -0.3 is 5.32 Å². The van der Waals surface area contributed by atoms with Gasteiger partial charge in [0.2, 0.25) is 0 Å². The fourth-order valence-electron chi connectivity index (χ4n) is 2.53. The second-order valence-corrected chi connectivity index (χ2v) is 7.65. The first-order valence-electron chi connectivity index (χ1n) is 6.93. The summed E-state index contributed by atoms with van der Waals surface area (Å²) in [6.07, 6.45) is 5.30. The summed E-state index contributed by atoms with van der Waals surface area (Å²) in [6.45, 7) is 9.31. The lowest BCUT2D eigenvalue weighted by atomic mass is 9.76. The molecule has 0 spiro atoms. The van der Waals surface area contributed by atoms with Gasteiger partial charge in [-0.05, 0) is 37.0 Å². The van der Waals surface area contributed by atoms with Crippen LogP contribution in [0.3, 0.4) is 0 Å². The van der Waals surface area contributed by atoms with E-state index in [9.17, 15) is 0 Å². The molecule has 1 unspecified atom stereocenters. The number of aliphatic imine (C=N–C) groups is 1. The van der Waals surface area contributed by atoms with Gasteiger partial charge in [-0.2, -0.15) is 0 Å². The van der Waals surface area contributed by atoms with Gasteiger partial charge >= 0.3 is 0 Å². The Kier molecular flexibility index (Phi) is 4.06. The average molecular weight is 254 g/mol. The highest BCUT2D eigenvalue weighted by molar-refractivity contribution is 8.14. The van der Waals surface area contributed by atoms with Crippen LogP contribution in [-0.4, -0.2) is 23.0 Å². The van der Waals surface area contributed by atoms with Crippen LogP contribution in [0.5, 0.6) is 0 Å². The van der Waals surface area contributed by atoms with Crippen LogP contribution in [0.2, 0.25) is 0 Å². The van der Waals surface area contributed by atoms with E-state index in [1.807, 2.05) is 11.8 Å². The zero-order valence-electron chi connectivity index (χ0n) is 11.6. The first-order valence-corrected chi connectivity index (χ1v) is 7.92. The minimum Gasteiger partial charge on any atom is -0.362 e. The quantitative estimate of drug-likeness (QED) is 0.813. The second kappa shape index (κ2) is 5.21. The van der Waals surface area contributed by atoms with Gasteiger partial charge in [-0.15, -0.1) is 0 Å². The molecule has 2 rings (SSSR count). The van der Waals surface area contributed by atoms with E-state index in [4.69, 9.17) is 4.99 Å². The smallest absolute Gasteiger partial charge is 0.157 e. The second-order valence-electron chi connectivity index (χ2n) is 6.64. The topological polar surface area (TPSA) is 24.4 Å². The van der Waals surface area contributed by atoms with Gasteiger partial charge in [0.15, 0.2) is 5.17 Å². The molecule has 1 N–H and O–H groups in total. The minimum atomic E-state index is 0.530. The molecule has 1 aliphatic carbocycles. The fraction of sp³-hybridized carbons (Fsp3) is 0.929. The zero-order chi connectivity index (χ0) is 12.5. The molecule has 1 saturated carbocycles. The number of amidine groups is 1. The molecule has 3 heteroatoms. The lowest BCUT2D eigenvalue weighted by molar-refractivity contribution is 0.217. The Morgan fingerprint density at radius 1 is 1.29 bits per heavy atom. The highest BCUT2D eigenvalue weighted by Crippen LogP contribution is 2.35. The number of thioether (sulfide) groups is 1. The third kappa shape index (κ3) is 3.64. The molecule has 1 aliphatic heterocycles. The maximum Gasteiger partial charge on any atom is 0.157 e. The number of nitrogens with one attached hydrogen (secondary N) is 1. The summed E-state index contributed by atoms with van der Waals surface area (Å²) in [5, 5.41) is 4.86. The SMILES string of the molecule is CC(C)C1CSC(NC2CCC(C)(C)CC2)=N1. The molecule has 0 saturated heterocycles. The van der Waals surface area contributed by atoms with Crippen molar-refractivity contribution in [2.75, 3.05) is 5.75 Å². The van der Waals surface area contributed by atoms with Crippen molar-refractivity contribution in [3.05, 3.63) is 0 Å². The van der Waals surface area contributed by atoms with Gasteiger partial charge in [-0.25, -0.2) is 0 Å². The molecular weight excluding hydrogens is 228 g/mol. The molecule has 0 amide bonds. The first-order chi connectivity index (χ1) is 7.96. The Morgan fingerprint density at radius 3 is 2.47 bits per heavy atom. The summed E-state index contributed by atoms with van der Waals surface area (Å²) in [7, 11) is 0. The predicted octanol–water partition coefficient (Wildman–Crippen LogP) is 3.67. The van der Waals surface area contributed by atoms with Crippen molar-refractivity contribution >= 4 is 16.9 Å². The van der Waals surface area contributed by atoms with Crippen LogP contribution >= 0.6 is 11.8 Å². The summed E-state index contributed by atoms with van der Waals surface area (Å²) in [6, 6.07) is 1.20. The van der Waals surface area contributed by atoms with Gasteiger partial charge in [0.25, 0.3) is 0 Å². The molecule has 2 aliphatic rings. The number of hydrogen-bond acceptors (Lipinski definition) is 3. The molecule has 0 aromatic rings. The third-order valence-electron chi connectivity index (χ3n) is 4.11. The first kappa shape index (κ1) is 13.3. The van der Waals surface area contributed by atoms with E-state index in [1.165, 1.54) is 30.9 Å². The van der Waals surface area contributed by atoms with E-state index in [1.54, 1.807) is 0 Å². The molecule has 0 radical (unpaired) electrons. The van der Waals surface area contributed by atoms with E-state index in [2.05, 4.69) is 33.0 Å². The Labute approximate surface area is 110 Å². The van der Waals surface area contributed by atoms with Crippen molar-refractivity contribution in [3.63, 3.8) is 0 Å². The molecule has 1 atom stereocenters. The largest absolute Gasteiger partial charge is 0.362 e. The van der Waals surface area contributed by atoms with Crippen LogP contribution in [-0.2, 0) is 0 Å². The third-order valence-corrected chi connectivity index (χ3v) is 5.12. The van der Waals surface area contributed by atoms with Gasteiger partial charge in [0.05, 0.1) is 6.04 Å². The van der Waals surface area contributed by atoms with Crippen LogP contribution in [0.25, 0.3) is 0 Å². The highest BCUT2D eigenvalue weighted by Gasteiger charge is 2.28. The minimum absolute atomic E-state index is 0.530. The molecular formula is C14H26N2S. The van der Waals surface area contributed by atoms with Crippen LogP contribution in [0.15, 0.2) is 4.99 Å². The summed E-state index contributed by atoms with van der Waals surface area (Å²) >= 11 is 1.91. The van der Waals surface area contributed by atoms with Gasteiger partial charge in [-0.3, -0.25) is 4.99 Å². The van der Waals surface area contributed by atoms with E-state index in [0.29, 0.717) is 23.4 Å². The maximum absolute atomic E-state index is 4.79. The number of hydrogen-bond donors (Lipinski definition) is 1. The van der Waals surface area contributed by atoms with E-state index in [-0.39, 0.29) is 0 Å². The lowest BCUT2D eigenvalue weighted by Crippen LogP contribution is -2.37. The highest BCUT2D eigenvalue weighted by atomic mass is 32.2. The number of rotatable bonds is 2. The molecule has 0 bridgehead atoms. The Balaban J connectivity index is 1.81. The maximum atomic E-state index is 4.79. The Bertz CT molecular complexity index is 287. The van der Waals surface area contributed by atoms with Crippen molar-refractivity contribution in [2.24, 2.45) is 16.3 Å². The molecule has 0 aromatic carbocycles. The van der Waals surface area contributed by atoms with Crippen molar-refractivity contribution < 1.29 is 0 Å². The number of nitrogens with zero attached hydrogens (tertiary/aromatic N) is 1. The van der Waals surface area contributed by atoms with Gasteiger partial charge in [0.1, 0.15) is 0 Å². The summed E-state index contributed by atoms with van der Waals surface area (Å²) < 4.78 is 0. The van der Waals surface area contributed by atoms with Gasteiger partial charge in [0, 0.05) is 11.8 Å². The van der Waals surface area contributed by atoms with E-state index < -0.39 is 0 Å². The molecule has 1 fully saturated rings. The monoisotopic (exact) mass is 254 g/mol. The van der Waals surface area contributed by atoms with Crippen LogP contribution in [0.4, 0.5) is 0 Å². The Hall–Kier alpha value is -0.180. The van der Waals surface area contributed by atoms with Crippen molar-refractivity contribution in [2.45, 2.75) is 65.5 Å². The van der Waals surface area contributed by atoms with Crippen LogP contribution in [0, 0.1) is 11.3 Å². The van der Waals surface area contributed by atoms with Crippen molar-refractivity contribution in [3.8, 4) is 0 Å². The summed E-state index contributed by atoms with van der Waals surface area (Å²) in [5.41, 5.74) is 0.559. The van der Waals surface area contributed by atoms with E-state index >= 15 is 0 Å². The zero-order valence-corrected chi connectivity index (χ0v) is 12.4. The molecule has 2 nitrogen and oxygen atoms in total. The van der Waals surface area contributed by atoms with Crippen molar-refractivity contribution in [1.29, 1.82) is 0 Å². The van der Waals surface area contributed by atoms with E-state index in [0.717, 1.165) is 5.75 Å². The normalized spacial score (nSPS) is 29.5. The molecule has 0 aromatic heterocycles. The standard InChI is InChI=1S/C14H26N2S/c1-10(2)12-9-17-13(16-12)15-11-5-7-14(3,4)8-6-11/h10-12H,5-9H2,1-4H3,(H,15,16). The summed E-state index contributed by atoms with van der Waals surface area (Å²) in [5.74, 6) is 1.84. The fourth-order valence-corrected chi connectivity index (χ4v) is 3.78. The average Bonchev–Trinajstić information content (AvgIpc) is 2.70. The van der Waals surface area contributed by atoms with Crippen LogP contribution < -0.4 is 5.32 Å². The molecule has 98 valence electrons. The Morgan fingerprint density at radius 2 is 1.94 bits per heavy atom. The lowest BCUT2D eigenvalue weighted by Gasteiger charge is -2.34. The predicted molar refractivity (Wildman–Crippen MR) is 77.7 cm³/mol. The molecule has 1 heterocycles. The van der Waals surface area contributed by atoms with Crippen LogP contribution in [0.1, 0.15) is 53.4 Å². The summed E-state index contributed by atoms with van der Waals surface area (Å²) in [4.78, 5) is 4.79. The molecule has 17 heavy (non-hydrogen) atoms. The van der Waals surface area contributed by atoms with Gasteiger partial charge in [-0.1, -0.05) is 39.5 Å². The van der Waals surface area contributed by atoms with Crippen molar-refractivity contribution in [1.82, 2.24) is 5.32 Å².